The number of hydrogen-bond acceptors (Lipinski definition) is 1. The van der Waals surface area contributed by atoms with E-state index in [1.807, 2.05) is 0 Å². The third kappa shape index (κ3) is 1.41. The third-order valence-electron chi connectivity index (χ3n) is 4.75. The SMILES string of the molecule is Cc1ccc(CC2(O)C3CCCC32)cc1C. The molecule has 2 atom stereocenters. The number of hydrogen-bond donors (Lipinski definition) is 1. The summed E-state index contributed by atoms with van der Waals surface area (Å²) >= 11 is 0. The van der Waals surface area contributed by atoms with E-state index in [4.69, 9.17) is 0 Å². The predicted octanol–water partition coefficient (Wildman–Crippen LogP) is 3.01. The largest absolute Gasteiger partial charge is 0.389 e. The van der Waals surface area contributed by atoms with Gasteiger partial charge in [-0.2, -0.15) is 0 Å². The smallest absolute Gasteiger partial charge is 0.0751 e. The second-order valence-electron chi connectivity index (χ2n) is 5.73. The number of aliphatic hydroxyl groups is 1. The van der Waals surface area contributed by atoms with Crippen molar-refractivity contribution < 1.29 is 5.11 Å². The Hall–Kier alpha value is -0.820. The lowest BCUT2D eigenvalue weighted by atomic mass is 9.97. The molecule has 1 nitrogen and oxygen atoms in total. The van der Waals surface area contributed by atoms with Crippen LogP contribution in [-0.2, 0) is 6.42 Å². The van der Waals surface area contributed by atoms with Crippen LogP contribution in [0.2, 0.25) is 0 Å². The second kappa shape index (κ2) is 3.33. The molecule has 2 fully saturated rings. The van der Waals surface area contributed by atoms with Gasteiger partial charge >= 0.3 is 0 Å². The lowest BCUT2D eigenvalue weighted by molar-refractivity contribution is 0.107. The molecule has 1 aromatic rings. The van der Waals surface area contributed by atoms with Gasteiger partial charge < -0.3 is 5.11 Å². The van der Waals surface area contributed by atoms with Gasteiger partial charge in [0.25, 0.3) is 0 Å². The Morgan fingerprint density at radius 3 is 2.50 bits per heavy atom. The minimum absolute atomic E-state index is 0.347. The summed E-state index contributed by atoms with van der Waals surface area (Å²) in [5, 5.41) is 10.5. The van der Waals surface area contributed by atoms with Crippen LogP contribution in [0.25, 0.3) is 0 Å². The molecule has 1 heteroatoms. The zero-order valence-corrected chi connectivity index (χ0v) is 10.2. The fourth-order valence-corrected chi connectivity index (χ4v) is 3.55. The summed E-state index contributed by atoms with van der Waals surface area (Å²) in [4.78, 5) is 0. The molecule has 2 saturated carbocycles. The highest BCUT2D eigenvalue weighted by molar-refractivity contribution is 5.32. The van der Waals surface area contributed by atoms with E-state index in [0.29, 0.717) is 11.8 Å². The first-order valence-corrected chi connectivity index (χ1v) is 6.40. The molecule has 3 rings (SSSR count). The van der Waals surface area contributed by atoms with E-state index in [9.17, 15) is 5.11 Å². The van der Waals surface area contributed by atoms with Crippen LogP contribution in [0.15, 0.2) is 18.2 Å². The first-order valence-electron chi connectivity index (χ1n) is 6.40. The van der Waals surface area contributed by atoms with Gasteiger partial charge in [0, 0.05) is 6.42 Å². The summed E-state index contributed by atoms with van der Waals surface area (Å²) < 4.78 is 0. The van der Waals surface area contributed by atoms with Gasteiger partial charge in [-0.15, -0.1) is 0 Å². The maximum absolute atomic E-state index is 10.5. The van der Waals surface area contributed by atoms with Crippen molar-refractivity contribution >= 4 is 0 Å². The fraction of sp³-hybridized carbons (Fsp3) is 0.600. The summed E-state index contributed by atoms with van der Waals surface area (Å²) in [6, 6.07) is 6.59. The predicted molar refractivity (Wildman–Crippen MR) is 65.4 cm³/mol. The van der Waals surface area contributed by atoms with E-state index >= 15 is 0 Å². The van der Waals surface area contributed by atoms with Crippen LogP contribution >= 0.6 is 0 Å². The first kappa shape index (κ1) is 10.3. The molecular formula is C15H20O. The Labute approximate surface area is 97.5 Å². The molecule has 0 amide bonds. The average molecular weight is 216 g/mol. The van der Waals surface area contributed by atoms with Crippen molar-refractivity contribution in [3.63, 3.8) is 0 Å². The molecule has 1 aromatic carbocycles. The van der Waals surface area contributed by atoms with Gasteiger partial charge in [0.05, 0.1) is 5.60 Å². The Bertz CT molecular complexity index is 411. The standard InChI is InChI=1S/C15H20O/c1-10-6-7-12(8-11(10)2)9-15(16)13-4-3-5-14(13)15/h6-8,13-14,16H,3-5,9H2,1-2H3. The van der Waals surface area contributed by atoms with E-state index in [0.717, 1.165) is 6.42 Å². The average Bonchev–Trinajstić information content (AvgIpc) is 2.69. The van der Waals surface area contributed by atoms with E-state index in [2.05, 4.69) is 32.0 Å². The van der Waals surface area contributed by atoms with Gasteiger partial charge in [-0.25, -0.2) is 0 Å². The molecule has 0 radical (unpaired) electrons. The summed E-state index contributed by atoms with van der Waals surface area (Å²) in [5.41, 5.74) is 3.64. The van der Waals surface area contributed by atoms with Gasteiger partial charge in [0.1, 0.15) is 0 Å². The van der Waals surface area contributed by atoms with E-state index in [1.54, 1.807) is 0 Å². The molecule has 2 aliphatic carbocycles. The molecule has 2 aliphatic rings. The monoisotopic (exact) mass is 216 g/mol. The van der Waals surface area contributed by atoms with E-state index < -0.39 is 0 Å². The maximum Gasteiger partial charge on any atom is 0.0751 e. The van der Waals surface area contributed by atoms with Gasteiger partial charge in [-0.3, -0.25) is 0 Å². The number of fused-ring (bicyclic) bond motifs is 1. The van der Waals surface area contributed by atoms with Crippen LogP contribution in [0.4, 0.5) is 0 Å². The van der Waals surface area contributed by atoms with Crippen LogP contribution in [0, 0.1) is 25.7 Å². The molecule has 0 aliphatic heterocycles. The van der Waals surface area contributed by atoms with Crippen LogP contribution in [0.3, 0.4) is 0 Å². The molecule has 1 N–H and O–H groups in total. The highest BCUT2D eigenvalue weighted by Crippen LogP contribution is 2.61. The lowest BCUT2D eigenvalue weighted by Gasteiger charge is -2.15. The lowest BCUT2D eigenvalue weighted by Crippen LogP contribution is -2.19. The maximum atomic E-state index is 10.5. The molecule has 0 heterocycles. The van der Waals surface area contributed by atoms with Crippen molar-refractivity contribution in [1.82, 2.24) is 0 Å². The number of benzene rings is 1. The molecule has 0 saturated heterocycles. The Kier molecular flexibility index (Phi) is 2.16. The van der Waals surface area contributed by atoms with Crippen LogP contribution in [0.1, 0.15) is 36.0 Å². The Balaban J connectivity index is 1.78. The highest BCUT2D eigenvalue weighted by Gasteiger charge is 2.64. The topological polar surface area (TPSA) is 20.2 Å². The zero-order valence-electron chi connectivity index (χ0n) is 10.2. The van der Waals surface area contributed by atoms with Gasteiger partial charge in [0.15, 0.2) is 0 Å². The molecular weight excluding hydrogens is 196 g/mol. The molecule has 0 bridgehead atoms. The van der Waals surface area contributed by atoms with Gasteiger partial charge in [0.2, 0.25) is 0 Å². The van der Waals surface area contributed by atoms with E-state index in [-0.39, 0.29) is 5.60 Å². The number of rotatable bonds is 2. The third-order valence-corrected chi connectivity index (χ3v) is 4.75. The summed E-state index contributed by atoms with van der Waals surface area (Å²) in [5.74, 6) is 1.21. The first-order chi connectivity index (χ1) is 7.61. The van der Waals surface area contributed by atoms with Crippen LogP contribution in [-0.4, -0.2) is 10.7 Å². The van der Waals surface area contributed by atoms with Crippen molar-refractivity contribution in [3.8, 4) is 0 Å². The van der Waals surface area contributed by atoms with Crippen molar-refractivity contribution in [1.29, 1.82) is 0 Å². The van der Waals surface area contributed by atoms with Gasteiger partial charge in [-0.1, -0.05) is 24.6 Å². The minimum Gasteiger partial charge on any atom is -0.389 e. The Morgan fingerprint density at radius 1 is 1.19 bits per heavy atom. The molecule has 86 valence electrons. The van der Waals surface area contributed by atoms with E-state index in [1.165, 1.54) is 36.0 Å². The quantitative estimate of drug-likeness (QED) is 0.805. The van der Waals surface area contributed by atoms with Crippen molar-refractivity contribution in [3.05, 3.63) is 34.9 Å². The molecule has 0 aromatic heterocycles. The normalized spacial score (nSPS) is 36.2. The zero-order chi connectivity index (χ0) is 11.3. The summed E-state index contributed by atoms with van der Waals surface area (Å²) in [6.45, 7) is 4.29. The molecule has 16 heavy (non-hydrogen) atoms. The Morgan fingerprint density at radius 2 is 1.88 bits per heavy atom. The second-order valence-corrected chi connectivity index (χ2v) is 5.73. The van der Waals surface area contributed by atoms with Crippen LogP contribution in [0.5, 0.6) is 0 Å². The molecule has 2 unspecified atom stereocenters. The highest BCUT2D eigenvalue weighted by atomic mass is 16.3. The number of aryl methyl sites for hydroxylation is 2. The van der Waals surface area contributed by atoms with Crippen molar-refractivity contribution in [2.45, 2.75) is 45.1 Å². The van der Waals surface area contributed by atoms with Crippen molar-refractivity contribution in [2.24, 2.45) is 11.8 Å². The van der Waals surface area contributed by atoms with Crippen LogP contribution < -0.4 is 0 Å². The summed E-state index contributed by atoms with van der Waals surface area (Å²) in [7, 11) is 0. The minimum atomic E-state index is -0.347. The van der Waals surface area contributed by atoms with Crippen molar-refractivity contribution in [2.75, 3.05) is 0 Å². The fourth-order valence-electron chi connectivity index (χ4n) is 3.55. The van der Waals surface area contributed by atoms with Gasteiger partial charge in [-0.05, 0) is 55.2 Å². The summed E-state index contributed by atoms with van der Waals surface area (Å²) in [6.07, 6.45) is 4.67. The molecule has 0 spiro atoms.